The molecule has 0 saturated carbocycles. The summed E-state index contributed by atoms with van der Waals surface area (Å²) in [7, 11) is 1.54. The quantitative estimate of drug-likeness (QED) is 0.593. The highest BCUT2D eigenvalue weighted by molar-refractivity contribution is 5.85. The zero-order chi connectivity index (χ0) is 24.0. The van der Waals surface area contributed by atoms with Crippen LogP contribution in [0.2, 0.25) is 0 Å². The number of alkyl halides is 3. The minimum atomic E-state index is -4.45. The van der Waals surface area contributed by atoms with Gasteiger partial charge < -0.3 is 15.0 Å². The van der Waals surface area contributed by atoms with E-state index >= 15 is 0 Å². The second-order valence-corrected chi connectivity index (χ2v) is 8.19. The summed E-state index contributed by atoms with van der Waals surface area (Å²) in [5.74, 6) is -0.255. The van der Waals surface area contributed by atoms with Crippen LogP contribution in [0.4, 0.5) is 13.2 Å². The standard InChI is InChI=1S/C25H29F3N2O3/c1-3-4-14-30-22(31)13-12-20(23(30)19-10-5-6-11-21(19)33-2)24(32)29-16-17-8-7-9-18(15-17)25(26,27)28/h5-11,15,20,23H,3-4,12-14,16H2,1-2H3,(H,29,32). The van der Waals surface area contributed by atoms with Gasteiger partial charge in [-0.3, -0.25) is 9.59 Å². The lowest BCUT2D eigenvalue weighted by molar-refractivity contribution is -0.143. The average Bonchev–Trinajstić information content (AvgIpc) is 2.81. The first-order chi connectivity index (χ1) is 15.8. The molecule has 8 heteroatoms. The number of para-hydroxylation sites is 1. The summed E-state index contributed by atoms with van der Waals surface area (Å²) >= 11 is 0. The molecule has 1 heterocycles. The lowest BCUT2D eigenvalue weighted by atomic mass is 9.83. The minimum absolute atomic E-state index is 0.0127. The molecule has 2 aromatic carbocycles. The molecule has 1 aliphatic rings. The van der Waals surface area contributed by atoms with Crippen molar-refractivity contribution in [2.45, 2.75) is 51.4 Å². The van der Waals surface area contributed by atoms with Crippen LogP contribution < -0.4 is 10.1 Å². The summed E-state index contributed by atoms with van der Waals surface area (Å²) in [5, 5.41) is 2.79. The first kappa shape index (κ1) is 24.6. The number of hydrogen-bond acceptors (Lipinski definition) is 3. The number of ether oxygens (including phenoxy) is 1. The van der Waals surface area contributed by atoms with E-state index in [1.165, 1.54) is 6.07 Å². The molecule has 1 N–H and O–H groups in total. The Labute approximate surface area is 191 Å². The molecule has 2 amide bonds. The van der Waals surface area contributed by atoms with Gasteiger partial charge in [-0.05, 0) is 36.6 Å². The number of amides is 2. The fourth-order valence-corrected chi connectivity index (χ4v) is 4.29. The molecule has 0 radical (unpaired) electrons. The monoisotopic (exact) mass is 462 g/mol. The molecule has 5 nitrogen and oxygen atoms in total. The predicted octanol–water partition coefficient (Wildman–Crippen LogP) is 5.11. The molecule has 1 saturated heterocycles. The van der Waals surface area contributed by atoms with Crippen LogP contribution >= 0.6 is 0 Å². The van der Waals surface area contributed by atoms with Gasteiger partial charge in [-0.15, -0.1) is 0 Å². The summed E-state index contributed by atoms with van der Waals surface area (Å²) in [6.07, 6.45) is -2.14. The number of carbonyl (C=O) groups excluding carboxylic acids is 2. The van der Waals surface area contributed by atoms with Crippen molar-refractivity contribution in [3.05, 3.63) is 65.2 Å². The van der Waals surface area contributed by atoms with Crippen LogP contribution in [0.25, 0.3) is 0 Å². The third-order valence-corrected chi connectivity index (χ3v) is 5.97. The van der Waals surface area contributed by atoms with Crippen LogP contribution in [-0.2, 0) is 22.3 Å². The number of nitrogens with zero attached hydrogens (tertiary/aromatic N) is 1. The van der Waals surface area contributed by atoms with Crippen LogP contribution in [0.5, 0.6) is 5.75 Å². The summed E-state index contributed by atoms with van der Waals surface area (Å²) in [5.41, 5.74) is 0.361. The number of methoxy groups -OCH3 is 1. The van der Waals surface area contributed by atoms with Gasteiger partial charge in [-0.1, -0.05) is 43.7 Å². The lowest BCUT2D eigenvalue weighted by Crippen LogP contribution is -2.48. The van der Waals surface area contributed by atoms with E-state index in [1.54, 1.807) is 24.1 Å². The van der Waals surface area contributed by atoms with Crippen LogP contribution in [0.1, 0.15) is 55.3 Å². The number of piperidine rings is 1. The van der Waals surface area contributed by atoms with Gasteiger partial charge in [0.1, 0.15) is 5.75 Å². The van der Waals surface area contributed by atoms with Crippen molar-refractivity contribution in [2.75, 3.05) is 13.7 Å². The fourth-order valence-electron chi connectivity index (χ4n) is 4.29. The Balaban J connectivity index is 1.85. The first-order valence-corrected chi connectivity index (χ1v) is 11.1. The largest absolute Gasteiger partial charge is 0.496 e. The fraction of sp³-hybridized carbons (Fsp3) is 0.440. The molecule has 0 bridgehead atoms. The Morgan fingerprint density at radius 2 is 1.94 bits per heavy atom. The second kappa shape index (κ2) is 10.7. The van der Waals surface area contributed by atoms with Gasteiger partial charge in [0.05, 0.1) is 24.6 Å². The predicted molar refractivity (Wildman–Crippen MR) is 118 cm³/mol. The third kappa shape index (κ3) is 5.86. The molecule has 2 unspecified atom stereocenters. The molecule has 0 aromatic heterocycles. The molecule has 33 heavy (non-hydrogen) atoms. The molecule has 0 spiro atoms. The van der Waals surface area contributed by atoms with Crippen molar-refractivity contribution >= 4 is 11.8 Å². The van der Waals surface area contributed by atoms with Gasteiger partial charge in [-0.2, -0.15) is 13.2 Å². The van der Waals surface area contributed by atoms with Gasteiger partial charge in [0.2, 0.25) is 11.8 Å². The molecule has 3 rings (SSSR count). The van der Waals surface area contributed by atoms with Crippen LogP contribution in [-0.4, -0.2) is 30.4 Å². The number of hydrogen-bond donors (Lipinski definition) is 1. The molecular weight excluding hydrogens is 433 g/mol. The summed E-state index contributed by atoms with van der Waals surface area (Å²) < 4.78 is 44.6. The molecule has 2 aromatic rings. The third-order valence-electron chi connectivity index (χ3n) is 5.97. The van der Waals surface area contributed by atoms with Gasteiger partial charge in [0.15, 0.2) is 0 Å². The maximum absolute atomic E-state index is 13.3. The average molecular weight is 463 g/mol. The van der Waals surface area contributed by atoms with E-state index in [2.05, 4.69) is 5.32 Å². The highest BCUT2D eigenvalue weighted by atomic mass is 19.4. The maximum atomic E-state index is 13.3. The normalized spacial score (nSPS) is 18.8. The molecule has 1 aliphatic heterocycles. The number of benzene rings is 2. The molecule has 178 valence electrons. The number of unbranched alkanes of at least 4 members (excludes halogenated alkanes) is 1. The Hall–Kier alpha value is -3.03. The van der Waals surface area contributed by atoms with Crippen molar-refractivity contribution in [3.63, 3.8) is 0 Å². The highest BCUT2D eigenvalue weighted by Crippen LogP contribution is 2.41. The summed E-state index contributed by atoms with van der Waals surface area (Å²) in [6.45, 7) is 2.53. The van der Waals surface area contributed by atoms with Crippen molar-refractivity contribution in [1.29, 1.82) is 0 Å². The Kier molecular flexibility index (Phi) is 8.00. The van der Waals surface area contributed by atoms with Crippen LogP contribution in [0, 0.1) is 5.92 Å². The van der Waals surface area contributed by atoms with E-state index in [1.807, 2.05) is 25.1 Å². The van der Waals surface area contributed by atoms with Crippen molar-refractivity contribution < 1.29 is 27.5 Å². The summed E-state index contributed by atoms with van der Waals surface area (Å²) in [6, 6.07) is 11.7. The van der Waals surface area contributed by atoms with Crippen molar-refractivity contribution in [1.82, 2.24) is 10.2 Å². The summed E-state index contributed by atoms with van der Waals surface area (Å²) in [4.78, 5) is 27.8. The number of likely N-dealkylation sites (tertiary alicyclic amines) is 1. The van der Waals surface area contributed by atoms with Gasteiger partial charge in [0.25, 0.3) is 0 Å². The van der Waals surface area contributed by atoms with Crippen LogP contribution in [0.3, 0.4) is 0 Å². The molecule has 0 aliphatic carbocycles. The van der Waals surface area contributed by atoms with E-state index in [0.717, 1.165) is 30.5 Å². The van der Waals surface area contributed by atoms with Crippen molar-refractivity contribution in [2.24, 2.45) is 5.92 Å². The number of carbonyl (C=O) groups is 2. The molecule has 2 atom stereocenters. The van der Waals surface area contributed by atoms with Gasteiger partial charge in [-0.25, -0.2) is 0 Å². The SMILES string of the molecule is CCCCN1C(=O)CCC(C(=O)NCc2cccc(C(F)(F)F)c2)C1c1ccccc1OC. The zero-order valence-electron chi connectivity index (χ0n) is 18.8. The van der Waals surface area contributed by atoms with E-state index in [0.29, 0.717) is 24.3 Å². The smallest absolute Gasteiger partial charge is 0.416 e. The molecular formula is C25H29F3N2O3. The maximum Gasteiger partial charge on any atom is 0.416 e. The second-order valence-electron chi connectivity index (χ2n) is 8.19. The van der Waals surface area contributed by atoms with E-state index in [9.17, 15) is 22.8 Å². The number of rotatable bonds is 8. The van der Waals surface area contributed by atoms with E-state index in [-0.39, 0.29) is 24.8 Å². The lowest BCUT2D eigenvalue weighted by Gasteiger charge is -2.41. The van der Waals surface area contributed by atoms with Gasteiger partial charge >= 0.3 is 6.18 Å². The highest BCUT2D eigenvalue weighted by Gasteiger charge is 2.41. The first-order valence-electron chi connectivity index (χ1n) is 11.1. The Bertz CT molecular complexity index is 977. The Morgan fingerprint density at radius 1 is 1.18 bits per heavy atom. The van der Waals surface area contributed by atoms with Crippen molar-refractivity contribution in [3.8, 4) is 5.75 Å². The van der Waals surface area contributed by atoms with E-state index in [4.69, 9.17) is 4.74 Å². The van der Waals surface area contributed by atoms with Crippen LogP contribution in [0.15, 0.2) is 48.5 Å². The van der Waals surface area contributed by atoms with Gasteiger partial charge in [0, 0.05) is 25.1 Å². The molecule has 1 fully saturated rings. The Morgan fingerprint density at radius 3 is 2.64 bits per heavy atom. The minimum Gasteiger partial charge on any atom is -0.496 e. The number of nitrogens with one attached hydrogen (secondary N) is 1. The zero-order valence-corrected chi connectivity index (χ0v) is 18.8. The number of halogens is 3. The van der Waals surface area contributed by atoms with E-state index < -0.39 is 23.7 Å². The topological polar surface area (TPSA) is 58.6 Å².